The van der Waals surface area contributed by atoms with Crippen LogP contribution < -0.4 is 9.80 Å². The monoisotopic (exact) mass is 717 g/mol. The van der Waals surface area contributed by atoms with Gasteiger partial charge in [-0.1, -0.05) is 121 Å². The Bertz CT molecular complexity index is 3180. The summed E-state index contributed by atoms with van der Waals surface area (Å²) in [5.41, 5.74) is 11.7. The van der Waals surface area contributed by atoms with Gasteiger partial charge in [0, 0.05) is 67.1 Å². The highest BCUT2D eigenvalue weighted by Crippen LogP contribution is 2.46. The summed E-state index contributed by atoms with van der Waals surface area (Å²) < 4.78 is 8.90. The first-order valence-electron chi connectivity index (χ1n) is 19.0. The average molecular weight is 718 g/mol. The van der Waals surface area contributed by atoms with Crippen LogP contribution in [-0.2, 0) is 0 Å². The molecule has 0 aliphatic rings. The number of fused-ring (bicyclic) bond motifs is 8. The van der Waals surface area contributed by atoms with Gasteiger partial charge in [0.25, 0.3) is 0 Å². The molecular formula is C52H35N3O. The summed E-state index contributed by atoms with van der Waals surface area (Å²) in [7, 11) is 0. The smallest absolute Gasteiger partial charge is 0.138 e. The van der Waals surface area contributed by atoms with E-state index in [2.05, 4.69) is 221 Å². The van der Waals surface area contributed by atoms with Gasteiger partial charge in [-0.2, -0.15) is 0 Å². The molecule has 4 heteroatoms. The van der Waals surface area contributed by atoms with Gasteiger partial charge in [0.15, 0.2) is 0 Å². The second kappa shape index (κ2) is 13.1. The van der Waals surface area contributed by atoms with Gasteiger partial charge in [0.2, 0.25) is 0 Å². The van der Waals surface area contributed by atoms with Crippen molar-refractivity contribution in [3.05, 3.63) is 212 Å². The van der Waals surface area contributed by atoms with Crippen LogP contribution in [0.4, 0.5) is 34.1 Å². The van der Waals surface area contributed by atoms with Gasteiger partial charge >= 0.3 is 0 Å². The van der Waals surface area contributed by atoms with E-state index in [0.717, 1.165) is 72.7 Å². The van der Waals surface area contributed by atoms with Crippen molar-refractivity contribution in [3.8, 4) is 5.69 Å². The summed E-state index contributed by atoms with van der Waals surface area (Å²) in [4.78, 5) is 4.69. The van der Waals surface area contributed by atoms with E-state index in [-0.39, 0.29) is 0 Å². The molecule has 2 heterocycles. The minimum absolute atomic E-state index is 0.871. The molecule has 0 saturated carbocycles. The lowest BCUT2D eigenvalue weighted by molar-refractivity contribution is 0.669. The molecular weight excluding hydrogens is 683 g/mol. The second-order valence-electron chi connectivity index (χ2n) is 14.2. The van der Waals surface area contributed by atoms with Crippen LogP contribution in [0.25, 0.3) is 60.2 Å². The van der Waals surface area contributed by atoms with E-state index in [9.17, 15) is 0 Å². The molecule has 0 bridgehead atoms. The van der Waals surface area contributed by atoms with Crippen molar-refractivity contribution >= 4 is 88.6 Å². The van der Waals surface area contributed by atoms with Gasteiger partial charge in [0.1, 0.15) is 11.2 Å². The quantitative estimate of drug-likeness (QED) is 0.164. The van der Waals surface area contributed by atoms with E-state index in [1.807, 2.05) is 6.07 Å². The lowest BCUT2D eigenvalue weighted by atomic mass is 10.0. The first-order valence-corrected chi connectivity index (χ1v) is 19.0. The molecule has 4 nitrogen and oxygen atoms in total. The zero-order valence-corrected chi connectivity index (χ0v) is 30.5. The third kappa shape index (κ3) is 5.15. The molecule has 0 unspecified atom stereocenters. The standard InChI is InChI=1S/C52H35N3O/c1-4-16-36(17-5-1)53(41-32-33-44-42-22-12-14-26-47(42)55(48(44)34-41)38-20-8-3-9-21-38)39-28-30-40(31-29-39)54(37-18-6-2-7-19-37)49-35-51-52(45-24-11-10-23-43(45)49)46-25-13-15-27-50(46)56-51/h1-35H. The van der Waals surface area contributed by atoms with Gasteiger partial charge < -0.3 is 18.8 Å². The van der Waals surface area contributed by atoms with Crippen LogP contribution in [0, 0.1) is 0 Å². The molecule has 264 valence electrons. The number of hydrogen-bond donors (Lipinski definition) is 0. The van der Waals surface area contributed by atoms with E-state index >= 15 is 0 Å². The molecule has 0 N–H and O–H groups in total. The summed E-state index contributed by atoms with van der Waals surface area (Å²) in [6, 6.07) is 75.5. The van der Waals surface area contributed by atoms with E-state index < -0.39 is 0 Å². The molecule has 0 fully saturated rings. The van der Waals surface area contributed by atoms with Gasteiger partial charge in [-0.3, -0.25) is 0 Å². The zero-order valence-electron chi connectivity index (χ0n) is 30.5. The molecule has 0 atom stereocenters. The average Bonchev–Trinajstić information content (AvgIpc) is 3.81. The second-order valence-corrected chi connectivity index (χ2v) is 14.2. The van der Waals surface area contributed by atoms with Gasteiger partial charge in [-0.05, 0) is 90.3 Å². The highest BCUT2D eigenvalue weighted by atomic mass is 16.3. The molecule has 11 rings (SSSR count). The predicted octanol–water partition coefficient (Wildman–Crippen LogP) is 14.8. The number of nitrogens with zero attached hydrogens (tertiary/aromatic N) is 3. The fourth-order valence-electron chi connectivity index (χ4n) is 8.49. The van der Waals surface area contributed by atoms with E-state index in [0.29, 0.717) is 0 Å². The molecule has 0 aliphatic heterocycles. The summed E-state index contributed by atoms with van der Waals surface area (Å²) in [6.45, 7) is 0. The first kappa shape index (κ1) is 31.9. The largest absolute Gasteiger partial charge is 0.456 e. The molecule has 2 aromatic heterocycles. The molecule has 0 radical (unpaired) electrons. The van der Waals surface area contributed by atoms with Crippen molar-refractivity contribution in [2.45, 2.75) is 0 Å². The Labute approximate surface area is 324 Å². The topological polar surface area (TPSA) is 24.6 Å². The summed E-state index contributed by atoms with van der Waals surface area (Å²) in [5, 5.41) is 7.06. The third-order valence-corrected chi connectivity index (χ3v) is 10.9. The van der Waals surface area contributed by atoms with Crippen molar-refractivity contribution in [1.29, 1.82) is 0 Å². The SMILES string of the molecule is c1ccc(N(c2ccc(N(c3ccccc3)c3cc4oc5ccccc5c4c4ccccc34)cc2)c2ccc3c4ccccc4n(-c4ccccc4)c3c2)cc1. The molecule has 56 heavy (non-hydrogen) atoms. The normalized spacial score (nSPS) is 11.6. The summed E-state index contributed by atoms with van der Waals surface area (Å²) in [5.74, 6) is 0. The number of hydrogen-bond acceptors (Lipinski definition) is 3. The Morgan fingerprint density at radius 2 is 0.821 bits per heavy atom. The van der Waals surface area contributed by atoms with Crippen molar-refractivity contribution in [1.82, 2.24) is 4.57 Å². The van der Waals surface area contributed by atoms with E-state index in [4.69, 9.17) is 4.42 Å². The van der Waals surface area contributed by atoms with Crippen LogP contribution >= 0.6 is 0 Å². The Morgan fingerprint density at radius 3 is 1.54 bits per heavy atom. The highest BCUT2D eigenvalue weighted by Gasteiger charge is 2.22. The van der Waals surface area contributed by atoms with Crippen molar-refractivity contribution in [2.24, 2.45) is 0 Å². The number of furan rings is 1. The minimum atomic E-state index is 0.871. The lowest BCUT2D eigenvalue weighted by Gasteiger charge is -2.29. The first-order chi connectivity index (χ1) is 27.8. The van der Waals surface area contributed by atoms with E-state index in [1.165, 1.54) is 21.7 Å². The number of rotatable bonds is 7. The summed E-state index contributed by atoms with van der Waals surface area (Å²) >= 11 is 0. The number of benzene rings is 9. The van der Waals surface area contributed by atoms with Crippen LogP contribution in [0.2, 0.25) is 0 Å². The predicted molar refractivity (Wildman–Crippen MR) is 235 cm³/mol. The Hall–Kier alpha value is -7.56. The zero-order chi connectivity index (χ0) is 37.0. The maximum atomic E-state index is 6.52. The molecule has 0 spiro atoms. The van der Waals surface area contributed by atoms with Crippen LogP contribution in [-0.4, -0.2) is 4.57 Å². The Kier molecular flexibility index (Phi) is 7.46. The molecule has 0 saturated heterocycles. The molecule has 11 aromatic rings. The minimum Gasteiger partial charge on any atom is -0.456 e. The Balaban J connectivity index is 1.08. The van der Waals surface area contributed by atoms with Crippen molar-refractivity contribution < 1.29 is 4.42 Å². The maximum absolute atomic E-state index is 6.52. The molecule has 0 aliphatic carbocycles. The molecule has 9 aromatic carbocycles. The van der Waals surface area contributed by atoms with E-state index in [1.54, 1.807) is 0 Å². The number of para-hydroxylation sites is 5. The maximum Gasteiger partial charge on any atom is 0.138 e. The lowest BCUT2D eigenvalue weighted by Crippen LogP contribution is -2.12. The van der Waals surface area contributed by atoms with Crippen LogP contribution in [0.15, 0.2) is 217 Å². The van der Waals surface area contributed by atoms with Crippen molar-refractivity contribution in [3.63, 3.8) is 0 Å². The summed E-state index contributed by atoms with van der Waals surface area (Å²) in [6.07, 6.45) is 0. The highest BCUT2D eigenvalue weighted by molar-refractivity contribution is 6.22. The fourth-order valence-corrected chi connectivity index (χ4v) is 8.49. The van der Waals surface area contributed by atoms with Crippen LogP contribution in [0.1, 0.15) is 0 Å². The Morgan fingerprint density at radius 1 is 0.321 bits per heavy atom. The third-order valence-electron chi connectivity index (χ3n) is 10.9. The fraction of sp³-hybridized carbons (Fsp3) is 0. The van der Waals surface area contributed by atoms with Gasteiger partial charge in [-0.15, -0.1) is 0 Å². The van der Waals surface area contributed by atoms with Crippen LogP contribution in [0.5, 0.6) is 0 Å². The van der Waals surface area contributed by atoms with Gasteiger partial charge in [0.05, 0.1) is 16.7 Å². The number of anilines is 6. The number of aromatic nitrogens is 1. The van der Waals surface area contributed by atoms with Crippen LogP contribution in [0.3, 0.4) is 0 Å². The molecule has 0 amide bonds. The van der Waals surface area contributed by atoms with Gasteiger partial charge in [-0.25, -0.2) is 0 Å². The van der Waals surface area contributed by atoms with Crippen molar-refractivity contribution in [2.75, 3.05) is 9.80 Å².